The van der Waals surface area contributed by atoms with Crippen LogP contribution in [0.3, 0.4) is 0 Å². The summed E-state index contributed by atoms with van der Waals surface area (Å²) in [5.41, 5.74) is 2.74. The minimum Gasteiger partial charge on any atom is -0.341 e. The highest BCUT2D eigenvalue weighted by Crippen LogP contribution is 2.37. The molecule has 21 heavy (non-hydrogen) atoms. The van der Waals surface area contributed by atoms with Crippen molar-refractivity contribution >= 4 is 29.0 Å². The number of rotatable bonds is 4. The predicted octanol–water partition coefficient (Wildman–Crippen LogP) is 3.38. The zero-order valence-corrected chi connectivity index (χ0v) is 13.3. The van der Waals surface area contributed by atoms with Gasteiger partial charge in [-0.1, -0.05) is 53.4 Å². The van der Waals surface area contributed by atoms with Crippen LogP contribution in [-0.4, -0.2) is 34.1 Å². The second kappa shape index (κ2) is 7.04. The topological polar surface area (TPSA) is 46.1 Å². The lowest BCUT2D eigenvalue weighted by atomic mass is 10.1. The van der Waals surface area contributed by atoms with E-state index in [1.165, 1.54) is 29.5 Å². The fraction of sp³-hybridized carbons (Fsp3) is 0.400. The lowest BCUT2D eigenvalue weighted by Crippen LogP contribution is -2.38. The minimum absolute atomic E-state index is 0.195. The molecule has 1 fully saturated rings. The Morgan fingerprint density at radius 2 is 1.95 bits per heavy atom. The summed E-state index contributed by atoms with van der Waals surface area (Å²) in [6.07, 6.45) is 3.44. The Morgan fingerprint density at radius 1 is 1.19 bits per heavy atom. The van der Waals surface area contributed by atoms with Crippen molar-refractivity contribution in [3.63, 3.8) is 0 Å². The van der Waals surface area contributed by atoms with Crippen molar-refractivity contribution in [1.29, 1.82) is 0 Å². The Hall–Kier alpha value is -1.40. The quantitative estimate of drug-likeness (QED) is 0.811. The maximum absolute atomic E-state index is 12.9. The van der Waals surface area contributed by atoms with Crippen LogP contribution in [0.5, 0.6) is 0 Å². The molecule has 1 aliphatic heterocycles. The molecule has 1 aliphatic rings. The van der Waals surface area contributed by atoms with Gasteiger partial charge in [0.25, 0.3) is 0 Å². The van der Waals surface area contributed by atoms with E-state index >= 15 is 0 Å². The number of likely N-dealkylation sites (tertiary alicyclic amines) is 1. The van der Waals surface area contributed by atoms with E-state index in [2.05, 4.69) is 10.2 Å². The van der Waals surface area contributed by atoms with Gasteiger partial charge in [-0.2, -0.15) is 0 Å². The van der Waals surface area contributed by atoms with E-state index in [1.807, 2.05) is 35.2 Å². The minimum atomic E-state index is -0.225. The smallest absolute Gasteiger partial charge is 0.240 e. The molecule has 1 amide bonds. The standard InChI is InChI=1S/C15H17N3OS2/c19-14(18-9-5-2-6-10-18)13(12-7-3-1-4-8-12)21-15-17-16-11-20-15/h1,3-4,7-8,11,13H,2,5-6,9-10H2/t13-/m1/s1. The van der Waals surface area contributed by atoms with Gasteiger partial charge in [0.1, 0.15) is 10.8 Å². The van der Waals surface area contributed by atoms with Crippen LogP contribution in [0.15, 0.2) is 40.2 Å². The maximum atomic E-state index is 12.9. The Kier molecular flexibility index (Phi) is 4.87. The van der Waals surface area contributed by atoms with Gasteiger partial charge in [0.05, 0.1) is 0 Å². The van der Waals surface area contributed by atoms with E-state index in [9.17, 15) is 4.79 Å². The van der Waals surface area contributed by atoms with Crippen LogP contribution in [0.1, 0.15) is 30.1 Å². The number of hydrogen-bond donors (Lipinski definition) is 0. The summed E-state index contributed by atoms with van der Waals surface area (Å²) >= 11 is 2.98. The Labute approximate surface area is 132 Å². The molecular formula is C15H17N3OS2. The van der Waals surface area contributed by atoms with Crippen molar-refractivity contribution < 1.29 is 4.79 Å². The van der Waals surface area contributed by atoms with Gasteiger partial charge >= 0.3 is 0 Å². The van der Waals surface area contributed by atoms with Crippen LogP contribution in [-0.2, 0) is 4.79 Å². The largest absolute Gasteiger partial charge is 0.341 e. The first-order valence-electron chi connectivity index (χ1n) is 7.11. The molecule has 2 aromatic rings. The van der Waals surface area contributed by atoms with E-state index in [0.29, 0.717) is 0 Å². The number of amides is 1. The van der Waals surface area contributed by atoms with E-state index in [0.717, 1.165) is 35.8 Å². The van der Waals surface area contributed by atoms with Gasteiger partial charge in [0.2, 0.25) is 5.91 Å². The first kappa shape index (κ1) is 14.5. The van der Waals surface area contributed by atoms with Gasteiger partial charge in [0, 0.05) is 13.1 Å². The normalized spacial score (nSPS) is 16.7. The molecule has 1 aromatic heterocycles. The molecule has 3 rings (SSSR count). The molecule has 0 spiro atoms. The monoisotopic (exact) mass is 319 g/mol. The highest BCUT2D eigenvalue weighted by Gasteiger charge is 2.28. The fourth-order valence-corrected chi connectivity index (χ4v) is 4.24. The van der Waals surface area contributed by atoms with Crippen molar-refractivity contribution in [2.24, 2.45) is 0 Å². The number of piperidine rings is 1. The molecule has 1 saturated heterocycles. The second-order valence-corrected chi connectivity index (χ2v) is 7.18. The Morgan fingerprint density at radius 3 is 2.62 bits per heavy atom. The highest BCUT2D eigenvalue weighted by atomic mass is 32.2. The molecule has 0 N–H and O–H groups in total. The maximum Gasteiger partial charge on any atom is 0.240 e. The fourth-order valence-electron chi connectivity index (χ4n) is 2.48. The number of hydrogen-bond acceptors (Lipinski definition) is 5. The van der Waals surface area contributed by atoms with Gasteiger partial charge in [-0.05, 0) is 24.8 Å². The summed E-state index contributed by atoms with van der Waals surface area (Å²) in [5.74, 6) is 0.195. The van der Waals surface area contributed by atoms with Gasteiger partial charge in [-0.25, -0.2) is 0 Å². The molecular weight excluding hydrogens is 302 g/mol. The van der Waals surface area contributed by atoms with Crippen LogP contribution in [0.25, 0.3) is 0 Å². The summed E-state index contributed by atoms with van der Waals surface area (Å²) in [4.78, 5) is 14.9. The van der Waals surface area contributed by atoms with Crippen LogP contribution < -0.4 is 0 Å². The molecule has 0 bridgehead atoms. The number of carbonyl (C=O) groups excluding carboxylic acids is 1. The van der Waals surface area contributed by atoms with Crippen molar-refractivity contribution in [1.82, 2.24) is 15.1 Å². The zero-order valence-electron chi connectivity index (χ0n) is 11.6. The molecule has 1 aromatic carbocycles. The third-order valence-electron chi connectivity index (χ3n) is 3.55. The molecule has 1 atom stereocenters. The summed E-state index contributed by atoms with van der Waals surface area (Å²) in [6.45, 7) is 1.75. The van der Waals surface area contributed by atoms with Crippen molar-refractivity contribution in [2.75, 3.05) is 13.1 Å². The number of benzene rings is 1. The predicted molar refractivity (Wildman–Crippen MR) is 85.4 cm³/mol. The molecule has 6 heteroatoms. The van der Waals surface area contributed by atoms with Crippen LogP contribution >= 0.6 is 23.1 Å². The third-order valence-corrected chi connectivity index (χ3v) is 5.61. The Balaban J connectivity index is 1.82. The van der Waals surface area contributed by atoms with E-state index < -0.39 is 0 Å². The highest BCUT2D eigenvalue weighted by molar-refractivity contribution is 8.01. The SMILES string of the molecule is O=C([C@H](Sc1nncs1)c1ccccc1)N1CCCCC1. The molecule has 4 nitrogen and oxygen atoms in total. The van der Waals surface area contributed by atoms with Gasteiger partial charge < -0.3 is 4.90 Å². The molecule has 0 radical (unpaired) electrons. The summed E-state index contributed by atoms with van der Waals surface area (Å²) in [5, 5.41) is 7.71. The van der Waals surface area contributed by atoms with Gasteiger partial charge in [0.15, 0.2) is 4.34 Å². The van der Waals surface area contributed by atoms with Crippen LogP contribution in [0, 0.1) is 0 Å². The lowest BCUT2D eigenvalue weighted by Gasteiger charge is -2.30. The van der Waals surface area contributed by atoms with Crippen molar-refractivity contribution in [3.8, 4) is 0 Å². The summed E-state index contributed by atoms with van der Waals surface area (Å²) in [6, 6.07) is 9.96. The first-order valence-corrected chi connectivity index (χ1v) is 8.87. The molecule has 0 saturated carbocycles. The Bertz CT molecular complexity index is 568. The number of thioether (sulfide) groups is 1. The first-order chi connectivity index (χ1) is 10.3. The van der Waals surface area contributed by atoms with Crippen LogP contribution in [0.2, 0.25) is 0 Å². The average Bonchev–Trinajstić information content (AvgIpc) is 3.07. The number of carbonyl (C=O) groups is 1. The molecule has 110 valence electrons. The molecule has 2 heterocycles. The van der Waals surface area contributed by atoms with Crippen LogP contribution in [0.4, 0.5) is 0 Å². The average molecular weight is 319 g/mol. The van der Waals surface area contributed by atoms with Crippen molar-refractivity contribution in [3.05, 3.63) is 41.4 Å². The van der Waals surface area contributed by atoms with Gasteiger partial charge in [-0.15, -0.1) is 10.2 Å². The lowest BCUT2D eigenvalue weighted by molar-refractivity contribution is -0.131. The van der Waals surface area contributed by atoms with E-state index in [-0.39, 0.29) is 11.2 Å². The van der Waals surface area contributed by atoms with Crippen molar-refractivity contribution in [2.45, 2.75) is 28.9 Å². The van der Waals surface area contributed by atoms with E-state index in [1.54, 1.807) is 5.51 Å². The van der Waals surface area contributed by atoms with Gasteiger partial charge in [-0.3, -0.25) is 4.79 Å². The number of aromatic nitrogens is 2. The second-order valence-electron chi connectivity index (χ2n) is 5.00. The molecule has 0 aliphatic carbocycles. The summed E-state index contributed by atoms with van der Waals surface area (Å²) < 4.78 is 0.842. The van der Waals surface area contributed by atoms with E-state index in [4.69, 9.17) is 0 Å². The number of nitrogens with zero attached hydrogens (tertiary/aromatic N) is 3. The zero-order chi connectivity index (χ0) is 14.5. The summed E-state index contributed by atoms with van der Waals surface area (Å²) in [7, 11) is 0. The third kappa shape index (κ3) is 3.63. The molecule has 0 unspecified atom stereocenters.